The average molecular weight is 382 g/mol. The number of hydrogen-bond donors (Lipinski definition) is 2. The van der Waals surface area contributed by atoms with Gasteiger partial charge in [0, 0.05) is 31.4 Å². The minimum absolute atomic E-state index is 0.0473. The molecule has 0 unspecified atom stereocenters. The van der Waals surface area contributed by atoms with Crippen LogP contribution in [0.3, 0.4) is 0 Å². The maximum Gasteiger partial charge on any atom is 0.312 e. The molecule has 0 saturated carbocycles. The Labute approximate surface area is 159 Å². The number of ketones is 1. The lowest BCUT2D eigenvalue weighted by Crippen LogP contribution is -2.16. The third-order valence-electron chi connectivity index (χ3n) is 5.09. The normalized spacial score (nSPS) is 13.3. The highest BCUT2D eigenvalue weighted by molar-refractivity contribution is 6.00. The first kappa shape index (κ1) is 18.0. The van der Waals surface area contributed by atoms with Crippen molar-refractivity contribution in [1.82, 2.24) is 19.5 Å². The Morgan fingerprint density at radius 1 is 1.25 bits per heavy atom. The third-order valence-corrected chi connectivity index (χ3v) is 5.09. The number of hydrogen-bond acceptors (Lipinski definition) is 6. The van der Waals surface area contributed by atoms with Gasteiger partial charge in [-0.05, 0) is 36.1 Å². The molecule has 28 heavy (non-hydrogen) atoms. The van der Waals surface area contributed by atoms with Crippen molar-refractivity contribution < 1.29 is 14.0 Å². The van der Waals surface area contributed by atoms with E-state index >= 15 is 0 Å². The fourth-order valence-electron chi connectivity index (χ4n) is 3.65. The van der Waals surface area contributed by atoms with Gasteiger partial charge in [-0.2, -0.15) is 14.4 Å². The lowest BCUT2D eigenvalue weighted by Gasteiger charge is -2.11. The molecule has 1 amide bonds. The minimum Gasteiger partial charge on any atom is -0.382 e. The van der Waals surface area contributed by atoms with Gasteiger partial charge < -0.3 is 16.0 Å². The van der Waals surface area contributed by atoms with Crippen LogP contribution < -0.4 is 11.5 Å². The standard InChI is InChI=1S/C19H19FN6O2/c1-9-6-10-2-3-13(27)12(10)7-11(9)8-15-23-16-17(22)24-19(20)25-18(16)26(15)5-4-14(21)28/h6-7H,2-5,8H2,1H3,(H2,21,28)(H2,22,24,25). The molecular formula is C19H19FN6O2. The number of carbonyl (C=O) groups is 2. The molecule has 0 fully saturated rings. The second-order valence-corrected chi connectivity index (χ2v) is 6.98. The summed E-state index contributed by atoms with van der Waals surface area (Å²) in [6, 6.07) is 3.92. The molecule has 3 aromatic rings. The van der Waals surface area contributed by atoms with E-state index in [0.717, 1.165) is 28.7 Å². The lowest BCUT2D eigenvalue weighted by atomic mass is 9.98. The molecule has 1 aromatic carbocycles. The highest BCUT2D eigenvalue weighted by Crippen LogP contribution is 2.28. The maximum absolute atomic E-state index is 13.7. The number of anilines is 1. The number of Topliss-reactive ketones (excluding diaryl/α,β-unsaturated/α-hetero) is 1. The summed E-state index contributed by atoms with van der Waals surface area (Å²) in [6.07, 6.45) is 0.753. The zero-order valence-electron chi connectivity index (χ0n) is 15.3. The Bertz CT molecular complexity index is 1140. The molecule has 0 radical (unpaired) electrons. The van der Waals surface area contributed by atoms with Gasteiger partial charge in [0.05, 0.1) is 0 Å². The number of nitrogens with zero attached hydrogens (tertiary/aromatic N) is 4. The molecule has 0 atom stereocenters. The highest BCUT2D eigenvalue weighted by atomic mass is 19.1. The highest BCUT2D eigenvalue weighted by Gasteiger charge is 2.22. The van der Waals surface area contributed by atoms with Crippen molar-refractivity contribution in [3.05, 3.63) is 46.3 Å². The number of aryl methyl sites for hydroxylation is 3. The molecule has 2 heterocycles. The Balaban J connectivity index is 1.81. The molecule has 144 valence electrons. The summed E-state index contributed by atoms with van der Waals surface area (Å²) >= 11 is 0. The number of aromatic nitrogens is 4. The largest absolute Gasteiger partial charge is 0.382 e. The first-order valence-corrected chi connectivity index (χ1v) is 8.95. The molecule has 1 aliphatic rings. The van der Waals surface area contributed by atoms with Gasteiger partial charge >= 0.3 is 6.08 Å². The van der Waals surface area contributed by atoms with E-state index in [2.05, 4.69) is 15.0 Å². The van der Waals surface area contributed by atoms with Crippen molar-refractivity contribution in [3.8, 4) is 0 Å². The van der Waals surface area contributed by atoms with Gasteiger partial charge in [0.2, 0.25) is 5.91 Å². The van der Waals surface area contributed by atoms with Gasteiger partial charge in [-0.15, -0.1) is 0 Å². The number of halogens is 1. The van der Waals surface area contributed by atoms with Crippen LogP contribution in [0.25, 0.3) is 11.2 Å². The molecule has 4 N–H and O–H groups in total. The number of nitrogen functional groups attached to an aromatic ring is 1. The second kappa shape index (κ2) is 6.66. The van der Waals surface area contributed by atoms with Crippen LogP contribution in [0.15, 0.2) is 12.1 Å². The Hall–Kier alpha value is -3.36. The quantitative estimate of drug-likeness (QED) is 0.643. The molecule has 0 spiro atoms. The summed E-state index contributed by atoms with van der Waals surface area (Å²) < 4.78 is 15.3. The topological polar surface area (TPSA) is 130 Å². The fraction of sp³-hybridized carbons (Fsp3) is 0.316. The lowest BCUT2D eigenvalue weighted by molar-refractivity contribution is -0.118. The molecule has 8 nitrogen and oxygen atoms in total. The average Bonchev–Trinajstić information content (AvgIpc) is 3.14. The summed E-state index contributed by atoms with van der Waals surface area (Å²) in [4.78, 5) is 35.2. The summed E-state index contributed by atoms with van der Waals surface area (Å²) in [5.74, 6) is 0.129. The molecule has 0 saturated heterocycles. The Kier molecular flexibility index (Phi) is 4.29. The van der Waals surface area contributed by atoms with Gasteiger partial charge in [0.15, 0.2) is 22.8 Å². The zero-order valence-corrected chi connectivity index (χ0v) is 15.3. The van der Waals surface area contributed by atoms with E-state index in [9.17, 15) is 14.0 Å². The maximum atomic E-state index is 13.7. The molecule has 1 aliphatic carbocycles. The number of benzene rings is 1. The van der Waals surface area contributed by atoms with E-state index < -0.39 is 12.0 Å². The van der Waals surface area contributed by atoms with Crippen LogP contribution in [-0.2, 0) is 24.2 Å². The number of fused-ring (bicyclic) bond motifs is 2. The van der Waals surface area contributed by atoms with Crippen molar-refractivity contribution in [2.45, 2.75) is 39.2 Å². The number of amides is 1. The number of primary amides is 1. The van der Waals surface area contributed by atoms with Crippen molar-refractivity contribution in [2.75, 3.05) is 5.73 Å². The summed E-state index contributed by atoms with van der Waals surface area (Å²) in [5, 5.41) is 0. The van der Waals surface area contributed by atoms with E-state index in [1.54, 1.807) is 4.57 Å². The molecule has 0 aliphatic heterocycles. The predicted octanol–water partition coefficient (Wildman–Crippen LogP) is 1.45. The van der Waals surface area contributed by atoms with Gasteiger partial charge in [-0.1, -0.05) is 6.07 Å². The van der Waals surface area contributed by atoms with Crippen molar-refractivity contribution >= 4 is 28.7 Å². The fourth-order valence-corrected chi connectivity index (χ4v) is 3.65. The van der Waals surface area contributed by atoms with Gasteiger partial charge in [-0.3, -0.25) is 9.59 Å². The van der Waals surface area contributed by atoms with Gasteiger partial charge in [0.1, 0.15) is 5.82 Å². The Morgan fingerprint density at radius 3 is 2.79 bits per heavy atom. The molecule has 2 aromatic heterocycles. The smallest absolute Gasteiger partial charge is 0.312 e. The summed E-state index contributed by atoms with van der Waals surface area (Å²) in [7, 11) is 0. The molecule has 4 rings (SSSR count). The summed E-state index contributed by atoms with van der Waals surface area (Å²) in [5.41, 5.74) is 15.3. The summed E-state index contributed by atoms with van der Waals surface area (Å²) in [6.45, 7) is 2.17. The van der Waals surface area contributed by atoms with Gasteiger partial charge in [-0.25, -0.2) is 4.98 Å². The van der Waals surface area contributed by atoms with E-state index in [0.29, 0.717) is 18.7 Å². The number of imidazole rings is 1. The Morgan fingerprint density at radius 2 is 2.04 bits per heavy atom. The minimum atomic E-state index is -0.962. The van der Waals surface area contributed by atoms with E-state index in [1.165, 1.54) is 0 Å². The third kappa shape index (κ3) is 3.08. The van der Waals surface area contributed by atoms with Crippen molar-refractivity contribution in [2.24, 2.45) is 5.73 Å². The number of nitrogens with two attached hydrogens (primary N) is 2. The van der Waals surface area contributed by atoms with Gasteiger partial charge in [0.25, 0.3) is 0 Å². The molecule has 0 bridgehead atoms. The SMILES string of the molecule is Cc1cc2c(cc1Cc1nc3c(N)nc(F)nc3n1CCC(N)=O)C(=O)CC2. The van der Waals surface area contributed by atoms with Crippen LogP contribution in [-0.4, -0.2) is 31.2 Å². The van der Waals surface area contributed by atoms with Crippen LogP contribution in [0.2, 0.25) is 0 Å². The predicted molar refractivity (Wildman–Crippen MR) is 100 cm³/mol. The van der Waals surface area contributed by atoms with E-state index in [-0.39, 0.29) is 35.7 Å². The van der Waals surface area contributed by atoms with Crippen LogP contribution in [0.1, 0.15) is 45.7 Å². The van der Waals surface area contributed by atoms with Crippen LogP contribution in [0.4, 0.5) is 10.2 Å². The zero-order chi connectivity index (χ0) is 20.0. The van der Waals surface area contributed by atoms with E-state index in [1.807, 2.05) is 19.1 Å². The molecular weight excluding hydrogens is 363 g/mol. The van der Waals surface area contributed by atoms with Crippen LogP contribution in [0.5, 0.6) is 0 Å². The van der Waals surface area contributed by atoms with Crippen LogP contribution in [0, 0.1) is 13.0 Å². The molecule has 9 heteroatoms. The monoisotopic (exact) mass is 382 g/mol. The first-order chi connectivity index (χ1) is 13.3. The van der Waals surface area contributed by atoms with E-state index in [4.69, 9.17) is 11.5 Å². The van der Waals surface area contributed by atoms with Crippen molar-refractivity contribution in [1.29, 1.82) is 0 Å². The second-order valence-electron chi connectivity index (χ2n) is 6.98. The van der Waals surface area contributed by atoms with Crippen LogP contribution >= 0.6 is 0 Å². The number of rotatable bonds is 5. The van der Waals surface area contributed by atoms with Crippen molar-refractivity contribution in [3.63, 3.8) is 0 Å². The first-order valence-electron chi connectivity index (χ1n) is 8.95. The number of carbonyl (C=O) groups excluding carboxylic acids is 2.